The number of thiophene rings is 1. The van der Waals surface area contributed by atoms with Crippen LogP contribution in [-0.4, -0.2) is 6.26 Å². The Bertz CT molecular complexity index is 236. The first-order chi connectivity index (χ1) is 4.66. The summed E-state index contributed by atoms with van der Waals surface area (Å²) in [6, 6.07) is 0. The van der Waals surface area contributed by atoms with E-state index in [0.29, 0.717) is 0 Å². The average Bonchev–Trinajstić information content (AvgIpc) is 2.17. The van der Waals surface area contributed by atoms with Gasteiger partial charge in [-0.25, -0.2) is 0 Å². The van der Waals surface area contributed by atoms with Crippen LogP contribution in [0.1, 0.15) is 16.0 Å². The molecule has 0 nitrogen and oxygen atoms in total. The molecule has 0 aliphatic carbocycles. The molecule has 0 radical (unpaired) electrons. The lowest BCUT2D eigenvalue weighted by Gasteiger charge is -1.91. The second-order valence-electron chi connectivity index (χ2n) is 2.40. The van der Waals surface area contributed by atoms with Crippen molar-refractivity contribution in [2.24, 2.45) is 0 Å². The quantitative estimate of drug-likeness (QED) is 0.585. The third kappa shape index (κ3) is 1.23. The fourth-order valence-corrected chi connectivity index (χ4v) is 2.96. The van der Waals surface area contributed by atoms with E-state index in [2.05, 4.69) is 27.0 Å². The van der Waals surface area contributed by atoms with Gasteiger partial charge in [-0.2, -0.15) is 0 Å². The minimum absolute atomic E-state index is 1.46. The highest BCUT2D eigenvalue weighted by Gasteiger charge is 2.05. The predicted molar refractivity (Wildman–Crippen MR) is 50.3 cm³/mol. The zero-order chi connectivity index (χ0) is 7.72. The molecule has 0 aromatic carbocycles. The molecule has 0 saturated heterocycles. The van der Waals surface area contributed by atoms with Crippen molar-refractivity contribution in [3.63, 3.8) is 0 Å². The van der Waals surface area contributed by atoms with Crippen molar-refractivity contribution in [1.82, 2.24) is 0 Å². The number of hydrogen-bond donors (Lipinski definition) is 0. The number of thioether (sulfide) groups is 1. The fraction of sp³-hybridized carbons (Fsp3) is 0.500. The number of aryl methyl sites for hydroxylation is 1. The van der Waals surface area contributed by atoms with Crippen molar-refractivity contribution >= 4 is 23.1 Å². The van der Waals surface area contributed by atoms with Crippen molar-refractivity contribution in [2.75, 3.05) is 6.26 Å². The van der Waals surface area contributed by atoms with Crippen LogP contribution >= 0.6 is 23.1 Å². The van der Waals surface area contributed by atoms with E-state index < -0.39 is 0 Å². The van der Waals surface area contributed by atoms with E-state index in [9.17, 15) is 0 Å². The first kappa shape index (κ1) is 8.15. The number of hydrogen-bond acceptors (Lipinski definition) is 2. The summed E-state index contributed by atoms with van der Waals surface area (Å²) in [7, 11) is 0. The van der Waals surface area contributed by atoms with Crippen LogP contribution in [0.25, 0.3) is 0 Å². The molecule has 0 aliphatic rings. The van der Waals surface area contributed by atoms with Crippen molar-refractivity contribution in [1.29, 1.82) is 0 Å². The highest BCUT2D eigenvalue weighted by atomic mass is 32.2. The minimum Gasteiger partial charge on any atom is -0.134 e. The summed E-state index contributed by atoms with van der Waals surface area (Å²) in [6.45, 7) is 6.58. The van der Waals surface area contributed by atoms with Gasteiger partial charge in [0.15, 0.2) is 0 Å². The van der Waals surface area contributed by atoms with E-state index in [1.165, 1.54) is 20.2 Å². The molecule has 1 aromatic heterocycles. The van der Waals surface area contributed by atoms with Crippen LogP contribution < -0.4 is 0 Å². The fourth-order valence-electron chi connectivity index (χ4n) is 0.904. The third-order valence-corrected chi connectivity index (χ3v) is 4.36. The minimum atomic E-state index is 1.46. The highest BCUT2D eigenvalue weighted by Crippen LogP contribution is 2.32. The van der Waals surface area contributed by atoms with Crippen molar-refractivity contribution in [3.8, 4) is 0 Å². The summed E-state index contributed by atoms with van der Waals surface area (Å²) < 4.78 is 1.47. The molecule has 0 amide bonds. The van der Waals surface area contributed by atoms with Gasteiger partial charge in [-0.3, -0.25) is 0 Å². The van der Waals surface area contributed by atoms with Gasteiger partial charge in [0.25, 0.3) is 0 Å². The van der Waals surface area contributed by atoms with Gasteiger partial charge in [-0.1, -0.05) is 0 Å². The van der Waals surface area contributed by atoms with Crippen LogP contribution in [0.5, 0.6) is 0 Å². The third-order valence-electron chi connectivity index (χ3n) is 1.83. The Morgan fingerprint density at radius 3 is 1.90 bits per heavy atom. The summed E-state index contributed by atoms with van der Waals surface area (Å²) in [5, 5.41) is 0. The molecule has 0 spiro atoms. The summed E-state index contributed by atoms with van der Waals surface area (Å²) in [5.74, 6) is 0. The molecule has 0 unspecified atom stereocenters. The van der Waals surface area contributed by atoms with Crippen molar-refractivity contribution in [3.05, 3.63) is 16.0 Å². The SMILES string of the molecule is CSc1sc(C)c(C)c1C. The summed E-state index contributed by atoms with van der Waals surface area (Å²) >= 11 is 3.75. The Labute approximate surface area is 70.7 Å². The van der Waals surface area contributed by atoms with Crippen LogP contribution in [0.15, 0.2) is 4.21 Å². The Hall–Kier alpha value is 0.0500. The lowest BCUT2D eigenvalue weighted by molar-refractivity contribution is 1.30. The van der Waals surface area contributed by atoms with Crippen LogP contribution in [0.3, 0.4) is 0 Å². The average molecular weight is 172 g/mol. The maximum atomic E-state index is 2.20. The van der Waals surface area contributed by atoms with Gasteiger partial charge in [0.1, 0.15) is 0 Å². The van der Waals surface area contributed by atoms with E-state index in [0.717, 1.165) is 0 Å². The molecule has 10 heavy (non-hydrogen) atoms. The summed E-state index contributed by atoms with van der Waals surface area (Å²) in [4.78, 5) is 1.46. The molecular formula is C8H12S2. The van der Waals surface area contributed by atoms with E-state index >= 15 is 0 Å². The molecule has 0 N–H and O–H groups in total. The Morgan fingerprint density at radius 2 is 1.70 bits per heavy atom. The maximum Gasteiger partial charge on any atom is 0.0630 e. The molecule has 1 rings (SSSR count). The standard InChI is InChI=1S/C8H12S2/c1-5-6(2)8(9-4)10-7(5)3/h1-4H3. The molecule has 0 aliphatic heterocycles. The van der Waals surface area contributed by atoms with Crippen LogP contribution in [-0.2, 0) is 0 Å². The van der Waals surface area contributed by atoms with E-state index in [1.807, 2.05) is 23.1 Å². The maximum absolute atomic E-state index is 2.20. The molecule has 2 heteroatoms. The second-order valence-corrected chi connectivity index (χ2v) is 4.70. The van der Waals surface area contributed by atoms with Gasteiger partial charge in [0.05, 0.1) is 4.21 Å². The molecule has 0 atom stereocenters. The summed E-state index contributed by atoms with van der Waals surface area (Å²) in [5.41, 5.74) is 2.93. The monoisotopic (exact) mass is 172 g/mol. The van der Waals surface area contributed by atoms with Crippen molar-refractivity contribution < 1.29 is 0 Å². The van der Waals surface area contributed by atoms with E-state index in [1.54, 1.807) is 0 Å². The van der Waals surface area contributed by atoms with E-state index in [-0.39, 0.29) is 0 Å². The molecule has 1 aromatic rings. The second kappa shape index (κ2) is 2.97. The van der Waals surface area contributed by atoms with Crippen molar-refractivity contribution in [2.45, 2.75) is 25.0 Å². The first-order valence-electron chi connectivity index (χ1n) is 3.27. The largest absolute Gasteiger partial charge is 0.134 e. The molecule has 0 bridgehead atoms. The number of rotatable bonds is 1. The smallest absolute Gasteiger partial charge is 0.0630 e. The zero-order valence-electron chi connectivity index (χ0n) is 6.82. The van der Waals surface area contributed by atoms with Gasteiger partial charge in [0.2, 0.25) is 0 Å². The van der Waals surface area contributed by atoms with Gasteiger partial charge < -0.3 is 0 Å². The van der Waals surface area contributed by atoms with Crippen LogP contribution in [0, 0.1) is 20.8 Å². The van der Waals surface area contributed by atoms with Gasteiger partial charge in [0, 0.05) is 4.88 Å². The topological polar surface area (TPSA) is 0 Å². The summed E-state index contributed by atoms with van der Waals surface area (Å²) in [6.07, 6.45) is 2.14. The lowest BCUT2D eigenvalue weighted by atomic mass is 10.2. The highest BCUT2D eigenvalue weighted by molar-refractivity contribution is 8.00. The molecule has 0 saturated carbocycles. The Morgan fingerprint density at radius 1 is 1.10 bits per heavy atom. The molecule has 1 heterocycles. The van der Waals surface area contributed by atoms with Gasteiger partial charge in [-0.15, -0.1) is 23.1 Å². The van der Waals surface area contributed by atoms with Gasteiger partial charge in [-0.05, 0) is 38.2 Å². The zero-order valence-corrected chi connectivity index (χ0v) is 8.45. The molecule has 0 fully saturated rings. The lowest BCUT2D eigenvalue weighted by Crippen LogP contribution is -1.73. The van der Waals surface area contributed by atoms with Gasteiger partial charge >= 0.3 is 0 Å². The predicted octanol–water partition coefficient (Wildman–Crippen LogP) is 3.40. The van der Waals surface area contributed by atoms with E-state index in [4.69, 9.17) is 0 Å². The normalized spacial score (nSPS) is 10.4. The van der Waals surface area contributed by atoms with Crippen LogP contribution in [0.2, 0.25) is 0 Å². The molecular weight excluding hydrogens is 160 g/mol. The molecule has 56 valence electrons. The Balaban J connectivity index is 3.17. The van der Waals surface area contributed by atoms with Crippen LogP contribution in [0.4, 0.5) is 0 Å². The first-order valence-corrected chi connectivity index (χ1v) is 5.31. The Kier molecular flexibility index (Phi) is 2.42.